The van der Waals surface area contributed by atoms with Crippen LogP contribution in [-0.4, -0.2) is 30.8 Å². The van der Waals surface area contributed by atoms with Gasteiger partial charge in [-0.2, -0.15) is 5.10 Å². The van der Waals surface area contributed by atoms with Gasteiger partial charge in [-0.15, -0.1) is 0 Å². The fraction of sp³-hybridized carbons (Fsp3) is 0.364. The maximum Gasteiger partial charge on any atom is 0.221 e. The molecule has 1 aliphatic carbocycles. The van der Waals surface area contributed by atoms with Crippen LogP contribution in [0.5, 0.6) is 11.6 Å². The molecule has 3 aromatic heterocycles. The van der Waals surface area contributed by atoms with Crippen molar-refractivity contribution in [1.82, 2.24) is 24.7 Å². The van der Waals surface area contributed by atoms with E-state index in [1.54, 1.807) is 28.5 Å². The van der Waals surface area contributed by atoms with Gasteiger partial charge in [-0.25, -0.2) is 19.6 Å². The fourth-order valence-corrected chi connectivity index (χ4v) is 5.03. The molecule has 1 fully saturated rings. The van der Waals surface area contributed by atoms with Crippen molar-refractivity contribution in [3.63, 3.8) is 0 Å². The van der Waals surface area contributed by atoms with Crippen molar-refractivity contribution in [2.75, 3.05) is 5.32 Å². The summed E-state index contributed by atoms with van der Waals surface area (Å²) in [5.41, 5.74) is 1.83. The summed E-state index contributed by atoms with van der Waals surface area (Å²) in [6, 6.07) is 10.1. The number of rotatable bonds is 6. The van der Waals surface area contributed by atoms with Crippen LogP contribution in [0.25, 0.3) is 15.9 Å². The number of hydrogen-bond donors (Lipinski definition) is 1. The zero-order valence-corrected chi connectivity index (χ0v) is 17.7. The molecule has 0 spiro atoms. The zero-order valence-electron chi connectivity index (χ0n) is 16.9. The Morgan fingerprint density at radius 3 is 2.90 bits per heavy atom. The minimum atomic E-state index is 0.449. The number of thiazole rings is 1. The predicted octanol–water partition coefficient (Wildman–Crippen LogP) is 5.45. The van der Waals surface area contributed by atoms with Crippen LogP contribution in [0.15, 0.2) is 49.2 Å². The Bertz CT molecular complexity index is 1120. The monoisotopic (exact) mass is 420 g/mol. The number of anilines is 1. The lowest BCUT2D eigenvalue weighted by molar-refractivity contribution is 0.328. The van der Waals surface area contributed by atoms with Gasteiger partial charge >= 0.3 is 0 Å². The lowest BCUT2D eigenvalue weighted by Gasteiger charge is -2.28. The van der Waals surface area contributed by atoms with Crippen molar-refractivity contribution in [2.45, 2.75) is 45.1 Å². The van der Waals surface area contributed by atoms with Gasteiger partial charge in [0.25, 0.3) is 0 Å². The lowest BCUT2D eigenvalue weighted by Crippen LogP contribution is -2.27. The Morgan fingerprint density at radius 1 is 1.17 bits per heavy atom. The molecule has 5 rings (SSSR count). The van der Waals surface area contributed by atoms with E-state index in [9.17, 15) is 0 Å². The molecule has 0 amide bonds. The van der Waals surface area contributed by atoms with Gasteiger partial charge in [-0.05, 0) is 43.9 Å². The van der Waals surface area contributed by atoms with Crippen LogP contribution in [0, 0.1) is 5.92 Å². The first-order valence-electron chi connectivity index (χ1n) is 10.4. The zero-order chi connectivity index (χ0) is 20.3. The van der Waals surface area contributed by atoms with Gasteiger partial charge < -0.3 is 10.1 Å². The number of hydrogen-bond acceptors (Lipinski definition) is 7. The first kappa shape index (κ1) is 19.0. The van der Waals surface area contributed by atoms with Crippen LogP contribution >= 0.6 is 11.3 Å². The summed E-state index contributed by atoms with van der Waals surface area (Å²) in [6.07, 6.45) is 11.6. The van der Waals surface area contributed by atoms with Crippen molar-refractivity contribution < 1.29 is 4.74 Å². The maximum atomic E-state index is 6.00. The molecule has 1 N–H and O–H groups in total. The Kier molecular flexibility index (Phi) is 5.31. The summed E-state index contributed by atoms with van der Waals surface area (Å²) in [7, 11) is 0. The van der Waals surface area contributed by atoms with Gasteiger partial charge in [0.15, 0.2) is 5.13 Å². The number of aromatic nitrogens is 5. The third-order valence-electron chi connectivity index (χ3n) is 5.69. The molecule has 0 bridgehead atoms. The van der Waals surface area contributed by atoms with Crippen molar-refractivity contribution in [3.8, 4) is 17.3 Å². The summed E-state index contributed by atoms with van der Waals surface area (Å²) in [4.78, 5) is 13.1. The van der Waals surface area contributed by atoms with E-state index >= 15 is 0 Å². The van der Waals surface area contributed by atoms with Gasteiger partial charge in [0.2, 0.25) is 5.88 Å². The van der Waals surface area contributed by atoms with E-state index in [1.807, 2.05) is 30.3 Å². The van der Waals surface area contributed by atoms with E-state index in [4.69, 9.17) is 9.72 Å². The number of pyridine rings is 1. The first-order chi connectivity index (χ1) is 14.7. The SMILES string of the molecule is CC(Nc1nc2ccc(Oc3cc(-n4cncn4)ccn3)cc2s1)C1CCCCC1. The number of nitrogens with zero attached hydrogens (tertiary/aromatic N) is 5. The lowest BCUT2D eigenvalue weighted by atomic mass is 9.85. The fourth-order valence-electron chi connectivity index (χ4n) is 4.04. The number of fused-ring (bicyclic) bond motifs is 1. The van der Waals surface area contributed by atoms with E-state index in [2.05, 4.69) is 27.3 Å². The molecule has 0 aliphatic heterocycles. The summed E-state index contributed by atoms with van der Waals surface area (Å²) in [5, 5.41) is 8.75. The summed E-state index contributed by atoms with van der Waals surface area (Å²) in [6.45, 7) is 2.28. The molecule has 3 heterocycles. The molecule has 8 heteroatoms. The third kappa shape index (κ3) is 4.14. The topological polar surface area (TPSA) is 77.8 Å². The number of benzene rings is 1. The third-order valence-corrected chi connectivity index (χ3v) is 6.64. The van der Waals surface area contributed by atoms with E-state index < -0.39 is 0 Å². The quantitative estimate of drug-likeness (QED) is 0.447. The molecular weight excluding hydrogens is 396 g/mol. The molecule has 1 unspecified atom stereocenters. The molecular formula is C22H24N6OS. The molecule has 1 atom stereocenters. The summed E-state index contributed by atoms with van der Waals surface area (Å²) in [5.74, 6) is 1.99. The van der Waals surface area contributed by atoms with Gasteiger partial charge in [0.1, 0.15) is 18.4 Å². The van der Waals surface area contributed by atoms with Crippen LogP contribution < -0.4 is 10.1 Å². The Balaban J connectivity index is 1.31. The van der Waals surface area contributed by atoms with E-state index in [-0.39, 0.29) is 0 Å². The van der Waals surface area contributed by atoms with Gasteiger partial charge in [-0.1, -0.05) is 30.6 Å². The number of nitrogens with one attached hydrogen (secondary N) is 1. The Morgan fingerprint density at radius 2 is 2.07 bits per heavy atom. The van der Waals surface area contributed by atoms with Gasteiger partial charge in [0.05, 0.1) is 15.9 Å². The Labute approximate surface area is 179 Å². The van der Waals surface area contributed by atoms with Gasteiger partial charge in [0, 0.05) is 24.4 Å². The molecule has 7 nitrogen and oxygen atoms in total. The molecule has 1 saturated carbocycles. The van der Waals surface area contributed by atoms with E-state index in [1.165, 1.54) is 38.4 Å². The molecule has 0 saturated heterocycles. The van der Waals surface area contributed by atoms with Crippen LogP contribution in [0.1, 0.15) is 39.0 Å². The summed E-state index contributed by atoms with van der Waals surface area (Å²) >= 11 is 1.67. The Hall–Kier alpha value is -3.00. The van der Waals surface area contributed by atoms with E-state index in [0.29, 0.717) is 11.9 Å². The van der Waals surface area contributed by atoms with Crippen LogP contribution in [0.3, 0.4) is 0 Å². The molecule has 4 aromatic rings. The summed E-state index contributed by atoms with van der Waals surface area (Å²) < 4.78 is 8.77. The second kappa shape index (κ2) is 8.39. The molecule has 30 heavy (non-hydrogen) atoms. The highest BCUT2D eigenvalue weighted by molar-refractivity contribution is 7.22. The van der Waals surface area contributed by atoms with Crippen LogP contribution in [-0.2, 0) is 0 Å². The molecule has 1 aliphatic rings. The van der Waals surface area contributed by atoms with Crippen LogP contribution in [0.2, 0.25) is 0 Å². The van der Waals surface area contributed by atoms with Crippen molar-refractivity contribution in [1.29, 1.82) is 0 Å². The minimum Gasteiger partial charge on any atom is -0.439 e. The normalized spacial score (nSPS) is 15.9. The second-order valence-electron chi connectivity index (χ2n) is 7.77. The smallest absolute Gasteiger partial charge is 0.221 e. The van der Waals surface area contributed by atoms with E-state index in [0.717, 1.165) is 32.7 Å². The van der Waals surface area contributed by atoms with Crippen LogP contribution in [0.4, 0.5) is 5.13 Å². The predicted molar refractivity (Wildman–Crippen MR) is 119 cm³/mol. The molecule has 0 radical (unpaired) electrons. The standard InChI is InChI=1S/C22H24N6OS/c1-15(16-5-3-2-4-6-16)26-22-27-19-8-7-18(12-20(19)30-22)29-21-11-17(9-10-24-21)28-14-23-13-25-28/h7-16H,2-6H2,1H3,(H,26,27). The minimum absolute atomic E-state index is 0.449. The molecule has 1 aromatic carbocycles. The van der Waals surface area contributed by atoms with Crippen molar-refractivity contribution in [2.24, 2.45) is 5.92 Å². The second-order valence-corrected chi connectivity index (χ2v) is 8.80. The van der Waals surface area contributed by atoms with Gasteiger partial charge in [-0.3, -0.25) is 0 Å². The highest BCUT2D eigenvalue weighted by Gasteiger charge is 2.20. The first-order valence-corrected chi connectivity index (χ1v) is 11.2. The average Bonchev–Trinajstić information content (AvgIpc) is 3.44. The maximum absolute atomic E-state index is 6.00. The number of ether oxygens (including phenoxy) is 1. The van der Waals surface area contributed by atoms with Crippen molar-refractivity contribution >= 4 is 26.7 Å². The highest BCUT2D eigenvalue weighted by atomic mass is 32.1. The average molecular weight is 421 g/mol. The highest BCUT2D eigenvalue weighted by Crippen LogP contribution is 2.33. The largest absolute Gasteiger partial charge is 0.439 e. The van der Waals surface area contributed by atoms with Crippen molar-refractivity contribution in [3.05, 3.63) is 49.2 Å². The molecule has 154 valence electrons.